The molecule has 0 aromatic heterocycles. The molecule has 0 spiro atoms. The summed E-state index contributed by atoms with van der Waals surface area (Å²) >= 11 is 0. The summed E-state index contributed by atoms with van der Waals surface area (Å²) in [6.07, 6.45) is 7.29. The highest BCUT2D eigenvalue weighted by Crippen LogP contribution is 2.19. The number of carbonyl (C=O) groups excluding carboxylic acids is 2. The summed E-state index contributed by atoms with van der Waals surface area (Å²) < 4.78 is 23.0. The molecular formula is C14H23FO4. The van der Waals surface area contributed by atoms with Crippen molar-refractivity contribution in [1.82, 2.24) is 0 Å². The summed E-state index contributed by atoms with van der Waals surface area (Å²) in [5, 5.41) is 0. The molecule has 1 saturated carbocycles. The van der Waals surface area contributed by atoms with Gasteiger partial charge in [0.05, 0.1) is 0 Å². The first-order valence-corrected chi connectivity index (χ1v) is 6.95. The Morgan fingerprint density at radius 1 is 1.11 bits per heavy atom. The second kappa shape index (κ2) is 7.46. The molecule has 1 rings (SSSR count). The molecule has 0 aromatic carbocycles. The number of alkyl halides is 1. The highest BCUT2D eigenvalue weighted by molar-refractivity contribution is 5.81. The fraction of sp³-hybridized carbons (Fsp3) is 0.857. The molecule has 0 aliphatic heterocycles. The second-order valence-electron chi connectivity index (χ2n) is 5.51. The zero-order valence-corrected chi connectivity index (χ0v) is 11.7. The molecule has 0 N–H and O–H groups in total. The zero-order chi connectivity index (χ0) is 14.3. The highest BCUT2D eigenvalue weighted by Gasteiger charge is 2.29. The van der Waals surface area contributed by atoms with E-state index in [1.807, 2.05) is 0 Å². The van der Waals surface area contributed by atoms with Crippen molar-refractivity contribution in [3.05, 3.63) is 0 Å². The lowest BCUT2D eigenvalue weighted by atomic mass is 9.99. The molecule has 1 aliphatic rings. The Morgan fingerprint density at radius 2 is 1.63 bits per heavy atom. The number of rotatable bonds is 4. The largest absolute Gasteiger partial charge is 0.460 e. The minimum atomic E-state index is -2.08. The molecular weight excluding hydrogens is 251 g/mol. The Hall–Kier alpha value is -1.13. The van der Waals surface area contributed by atoms with Gasteiger partial charge in [-0.15, -0.1) is 0 Å². The van der Waals surface area contributed by atoms with Crippen LogP contribution in [0.1, 0.15) is 58.8 Å². The van der Waals surface area contributed by atoms with Crippen LogP contribution in [0.5, 0.6) is 0 Å². The molecule has 1 aliphatic carbocycles. The molecule has 110 valence electrons. The van der Waals surface area contributed by atoms with Crippen molar-refractivity contribution in [1.29, 1.82) is 0 Å². The first kappa shape index (κ1) is 15.9. The van der Waals surface area contributed by atoms with Crippen molar-refractivity contribution in [2.24, 2.45) is 0 Å². The summed E-state index contributed by atoms with van der Waals surface area (Å²) in [6, 6.07) is 0. The van der Waals surface area contributed by atoms with Crippen LogP contribution in [0.3, 0.4) is 0 Å². The van der Waals surface area contributed by atoms with Gasteiger partial charge in [-0.05, 0) is 39.5 Å². The number of hydrogen-bond donors (Lipinski definition) is 0. The zero-order valence-electron chi connectivity index (χ0n) is 11.7. The predicted molar refractivity (Wildman–Crippen MR) is 68.3 cm³/mol. The van der Waals surface area contributed by atoms with Gasteiger partial charge in [-0.2, -0.15) is 0 Å². The van der Waals surface area contributed by atoms with E-state index in [-0.39, 0.29) is 6.10 Å². The van der Waals surface area contributed by atoms with Crippen molar-refractivity contribution < 1.29 is 23.5 Å². The van der Waals surface area contributed by atoms with Crippen LogP contribution in [-0.4, -0.2) is 30.3 Å². The molecule has 0 bridgehead atoms. The number of halogens is 1. The minimum absolute atomic E-state index is 0.0927. The number of esters is 2. The Bertz CT molecular complexity index is 301. The Morgan fingerprint density at radius 3 is 2.16 bits per heavy atom. The number of ether oxygens (including phenoxy) is 2. The van der Waals surface area contributed by atoms with Crippen LogP contribution in [0.4, 0.5) is 4.39 Å². The van der Waals surface area contributed by atoms with Gasteiger partial charge in [0.15, 0.2) is 6.61 Å². The van der Waals surface area contributed by atoms with E-state index in [1.54, 1.807) is 0 Å². The van der Waals surface area contributed by atoms with Crippen LogP contribution < -0.4 is 0 Å². The van der Waals surface area contributed by atoms with Crippen LogP contribution in [0.2, 0.25) is 0 Å². The van der Waals surface area contributed by atoms with E-state index in [0.717, 1.165) is 39.5 Å². The van der Waals surface area contributed by atoms with Crippen molar-refractivity contribution in [2.75, 3.05) is 6.61 Å². The van der Waals surface area contributed by atoms with Gasteiger partial charge in [-0.1, -0.05) is 19.3 Å². The molecule has 0 aromatic rings. The SMILES string of the molecule is CC(C)(F)C(=O)OCC(=O)OC1CCCCCCC1. The predicted octanol–water partition coefficient (Wildman–Crippen LogP) is 2.93. The third-order valence-electron chi connectivity index (χ3n) is 3.16. The summed E-state index contributed by atoms with van der Waals surface area (Å²) in [7, 11) is 0. The maximum absolute atomic E-state index is 13.2. The normalized spacial score (nSPS) is 18.3. The van der Waals surface area contributed by atoms with E-state index in [1.165, 1.54) is 19.3 Å². The fourth-order valence-corrected chi connectivity index (χ4v) is 2.05. The van der Waals surface area contributed by atoms with E-state index >= 15 is 0 Å². The highest BCUT2D eigenvalue weighted by atomic mass is 19.1. The van der Waals surface area contributed by atoms with E-state index in [2.05, 4.69) is 4.74 Å². The smallest absolute Gasteiger partial charge is 0.344 e. The van der Waals surface area contributed by atoms with Crippen molar-refractivity contribution in [3.8, 4) is 0 Å². The van der Waals surface area contributed by atoms with E-state index in [0.29, 0.717) is 0 Å². The fourth-order valence-electron chi connectivity index (χ4n) is 2.05. The summed E-state index contributed by atoms with van der Waals surface area (Å²) in [5.74, 6) is -1.63. The summed E-state index contributed by atoms with van der Waals surface area (Å²) in [4.78, 5) is 22.7. The van der Waals surface area contributed by atoms with Gasteiger partial charge in [-0.25, -0.2) is 14.0 Å². The van der Waals surface area contributed by atoms with Crippen LogP contribution in [-0.2, 0) is 19.1 Å². The Balaban J connectivity index is 2.27. The number of hydrogen-bond acceptors (Lipinski definition) is 4. The molecule has 0 radical (unpaired) electrons. The minimum Gasteiger partial charge on any atom is -0.460 e. The van der Waals surface area contributed by atoms with Gasteiger partial charge < -0.3 is 9.47 Å². The Kier molecular flexibility index (Phi) is 6.25. The maximum Gasteiger partial charge on any atom is 0.344 e. The van der Waals surface area contributed by atoms with Crippen molar-refractivity contribution >= 4 is 11.9 Å². The molecule has 0 unspecified atom stereocenters. The third-order valence-corrected chi connectivity index (χ3v) is 3.16. The molecule has 4 nitrogen and oxygen atoms in total. The molecule has 0 heterocycles. The van der Waals surface area contributed by atoms with Crippen LogP contribution in [0.15, 0.2) is 0 Å². The lowest BCUT2D eigenvalue weighted by molar-refractivity contribution is -0.168. The molecule has 1 fully saturated rings. The lowest BCUT2D eigenvalue weighted by Gasteiger charge is -2.20. The van der Waals surface area contributed by atoms with Crippen LogP contribution >= 0.6 is 0 Å². The number of carbonyl (C=O) groups is 2. The topological polar surface area (TPSA) is 52.6 Å². The average molecular weight is 274 g/mol. The van der Waals surface area contributed by atoms with E-state index in [4.69, 9.17) is 4.74 Å². The van der Waals surface area contributed by atoms with Crippen LogP contribution in [0.25, 0.3) is 0 Å². The van der Waals surface area contributed by atoms with Crippen molar-refractivity contribution in [2.45, 2.75) is 70.6 Å². The van der Waals surface area contributed by atoms with Gasteiger partial charge in [-0.3, -0.25) is 0 Å². The van der Waals surface area contributed by atoms with Crippen molar-refractivity contribution in [3.63, 3.8) is 0 Å². The molecule has 0 saturated heterocycles. The van der Waals surface area contributed by atoms with E-state index < -0.39 is 24.2 Å². The Labute approximate surface area is 113 Å². The second-order valence-corrected chi connectivity index (χ2v) is 5.51. The standard InChI is InChI=1S/C14H23FO4/c1-14(2,15)13(17)18-10-12(16)19-11-8-6-4-3-5-7-9-11/h11H,3-10H2,1-2H3. The molecule has 0 amide bonds. The van der Waals surface area contributed by atoms with Gasteiger partial charge in [0.25, 0.3) is 0 Å². The first-order chi connectivity index (χ1) is 8.89. The third kappa shape index (κ3) is 6.55. The monoisotopic (exact) mass is 274 g/mol. The van der Waals surface area contributed by atoms with Gasteiger partial charge in [0.1, 0.15) is 6.10 Å². The molecule has 5 heteroatoms. The average Bonchev–Trinajstić information content (AvgIpc) is 2.28. The first-order valence-electron chi connectivity index (χ1n) is 6.95. The molecule has 19 heavy (non-hydrogen) atoms. The van der Waals surface area contributed by atoms with Gasteiger partial charge in [0.2, 0.25) is 5.67 Å². The maximum atomic E-state index is 13.2. The van der Waals surface area contributed by atoms with Crippen LogP contribution in [0, 0.1) is 0 Å². The molecule has 0 atom stereocenters. The summed E-state index contributed by atoms with van der Waals surface area (Å²) in [5.41, 5.74) is -2.08. The van der Waals surface area contributed by atoms with E-state index in [9.17, 15) is 14.0 Å². The summed E-state index contributed by atoms with van der Waals surface area (Å²) in [6.45, 7) is 1.67. The van der Waals surface area contributed by atoms with Gasteiger partial charge in [0, 0.05) is 0 Å². The lowest BCUT2D eigenvalue weighted by Crippen LogP contribution is -2.31. The quantitative estimate of drug-likeness (QED) is 0.740. The van der Waals surface area contributed by atoms with Gasteiger partial charge >= 0.3 is 11.9 Å².